The number of aromatic nitrogens is 1. The van der Waals surface area contributed by atoms with Crippen molar-refractivity contribution in [3.63, 3.8) is 0 Å². The molecule has 34 heavy (non-hydrogen) atoms. The Bertz CT molecular complexity index is 1330. The zero-order chi connectivity index (χ0) is 24.2. The molecule has 1 N–H and O–H groups in total. The highest BCUT2D eigenvalue weighted by atomic mass is 35.5. The zero-order valence-electron chi connectivity index (χ0n) is 18.5. The first-order valence-corrected chi connectivity index (χ1v) is 11.2. The van der Waals surface area contributed by atoms with E-state index in [9.17, 15) is 9.59 Å². The number of anilines is 1. The fourth-order valence-electron chi connectivity index (χ4n) is 3.40. The van der Waals surface area contributed by atoms with Crippen LogP contribution in [0.15, 0.2) is 77.3 Å². The maximum Gasteiger partial charge on any atom is 0.254 e. The molecule has 0 bridgehead atoms. The highest BCUT2D eigenvalue weighted by molar-refractivity contribution is 6.39. The van der Waals surface area contributed by atoms with E-state index in [1.807, 2.05) is 31.2 Å². The number of benzene rings is 3. The van der Waals surface area contributed by atoms with Crippen LogP contribution in [0.3, 0.4) is 0 Å². The van der Waals surface area contributed by atoms with E-state index in [0.717, 1.165) is 11.1 Å². The number of halogens is 2. The molecule has 1 aromatic heterocycles. The number of hydrogen-bond acceptors (Lipinski definition) is 4. The van der Waals surface area contributed by atoms with Crippen LogP contribution >= 0.6 is 23.2 Å². The summed E-state index contributed by atoms with van der Waals surface area (Å²) in [6.45, 7) is 1.81. The average Bonchev–Trinajstić information content (AvgIpc) is 3.31. The molecule has 0 aliphatic carbocycles. The lowest BCUT2D eigenvalue weighted by molar-refractivity contribution is -0.116. The maximum absolute atomic E-state index is 13.2. The van der Waals surface area contributed by atoms with Crippen LogP contribution in [0.25, 0.3) is 22.8 Å². The predicted molar refractivity (Wildman–Crippen MR) is 134 cm³/mol. The minimum absolute atomic E-state index is 0.199. The van der Waals surface area contributed by atoms with Crippen LogP contribution in [-0.2, 0) is 4.79 Å². The van der Waals surface area contributed by atoms with Gasteiger partial charge in [-0.3, -0.25) is 9.59 Å². The zero-order valence-corrected chi connectivity index (χ0v) is 20.0. The number of para-hydroxylation sites is 1. The van der Waals surface area contributed by atoms with Gasteiger partial charge in [0.15, 0.2) is 5.76 Å². The molecule has 0 radical (unpaired) electrons. The molecule has 3 aromatic carbocycles. The molecule has 0 atom stereocenters. The van der Waals surface area contributed by atoms with Crippen molar-refractivity contribution in [1.29, 1.82) is 0 Å². The number of hydrogen-bond donors (Lipinski definition) is 1. The first kappa shape index (κ1) is 23.5. The summed E-state index contributed by atoms with van der Waals surface area (Å²) in [4.78, 5) is 31.4. The minimum Gasteiger partial charge on any atom is -0.436 e. The monoisotopic (exact) mass is 493 g/mol. The summed E-state index contributed by atoms with van der Waals surface area (Å²) in [6, 6.07) is 19.8. The number of amides is 2. The van der Waals surface area contributed by atoms with Crippen LogP contribution in [0.1, 0.15) is 15.9 Å². The van der Waals surface area contributed by atoms with Crippen molar-refractivity contribution in [2.75, 3.05) is 18.9 Å². The number of carbonyl (C=O) groups excluding carboxylic acids is 2. The largest absolute Gasteiger partial charge is 0.436 e. The second-order valence-corrected chi connectivity index (χ2v) is 8.56. The quantitative estimate of drug-likeness (QED) is 0.340. The van der Waals surface area contributed by atoms with Gasteiger partial charge < -0.3 is 14.6 Å². The molecule has 0 spiro atoms. The van der Waals surface area contributed by atoms with E-state index >= 15 is 0 Å². The van der Waals surface area contributed by atoms with Crippen molar-refractivity contribution in [2.45, 2.75) is 6.92 Å². The van der Waals surface area contributed by atoms with Crippen LogP contribution in [0, 0.1) is 6.92 Å². The third-order valence-corrected chi connectivity index (χ3v) is 5.81. The fraction of sp³-hybridized carbons (Fsp3) is 0.115. The molecular formula is C26H21Cl2N3O3. The summed E-state index contributed by atoms with van der Waals surface area (Å²) in [5.74, 6) is 0.133. The third kappa shape index (κ3) is 5.14. The standard InChI is InChI=1S/C26H21Cl2N3O3/c1-16-10-12-17(13-11-16)22-14-29-25(34-22)18-6-3-4-7-19(18)26(33)31(2)15-23(32)30-24-20(27)8-5-9-21(24)28/h3-14H,15H2,1-2H3,(H,30,32). The van der Waals surface area contributed by atoms with E-state index in [0.29, 0.717) is 38.5 Å². The SMILES string of the molecule is Cc1ccc(-c2cnc(-c3ccccc3C(=O)N(C)CC(=O)Nc3c(Cl)cccc3Cl)o2)cc1. The average molecular weight is 494 g/mol. The number of aryl methyl sites for hydroxylation is 1. The second-order valence-electron chi connectivity index (χ2n) is 7.75. The van der Waals surface area contributed by atoms with E-state index in [1.165, 1.54) is 4.90 Å². The molecule has 172 valence electrons. The van der Waals surface area contributed by atoms with Gasteiger partial charge in [0.25, 0.3) is 5.91 Å². The number of rotatable bonds is 6. The van der Waals surface area contributed by atoms with E-state index in [-0.39, 0.29) is 12.5 Å². The van der Waals surface area contributed by atoms with Crippen molar-refractivity contribution in [3.8, 4) is 22.8 Å². The third-order valence-electron chi connectivity index (χ3n) is 5.18. The van der Waals surface area contributed by atoms with Gasteiger partial charge in [-0.05, 0) is 31.2 Å². The summed E-state index contributed by atoms with van der Waals surface area (Å²) in [5.41, 5.74) is 3.24. The Morgan fingerprint density at radius 3 is 2.35 bits per heavy atom. The highest BCUT2D eigenvalue weighted by Crippen LogP contribution is 2.30. The van der Waals surface area contributed by atoms with Gasteiger partial charge in [-0.15, -0.1) is 0 Å². The van der Waals surface area contributed by atoms with Crippen molar-refractivity contribution < 1.29 is 14.0 Å². The summed E-state index contributed by atoms with van der Waals surface area (Å²) >= 11 is 12.2. The van der Waals surface area contributed by atoms with Crippen molar-refractivity contribution in [3.05, 3.63) is 94.1 Å². The van der Waals surface area contributed by atoms with E-state index in [4.69, 9.17) is 27.6 Å². The molecule has 0 aliphatic heterocycles. The predicted octanol–water partition coefficient (Wildman–Crippen LogP) is 6.33. The first-order chi connectivity index (χ1) is 16.3. The van der Waals surface area contributed by atoms with Crippen molar-refractivity contribution in [2.24, 2.45) is 0 Å². The van der Waals surface area contributed by atoms with Gasteiger partial charge in [0, 0.05) is 18.2 Å². The van der Waals surface area contributed by atoms with Crippen molar-refractivity contribution in [1.82, 2.24) is 9.88 Å². The Balaban J connectivity index is 1.52. The van der Waals surface area contributed by atoms with Crippen LogP contribution < -0.4 is 5.32 Å². The second kappa shape index (κ2) is 10.1. The fourth-order valence-corrected chi connectivity index (χ4v) is 3.89. The Hall–Kier alpha value is -3.61. The normalized spacial score (nSPS) is 10.7. The molecule has 4 aromatic rings. The molecule has 4 rings (SSSR count). The van der Waals surface area contributed by atoms with Crippen LogP contribution in [0.2, 0.25) is 10.0 Å². The highest BCUT2D eigenvalue weighted by Gasteiger charge is 2.22. The lowest BCUT2D eigenvalue weighted by atomic mass is 10.1. The van der Waals surface area contributed by atoms with Gasteiger partial charge in [-0.2, -0.15) is 0 Å². The van der Waals surface area contributed by atoms with Crippen molar-refractivity contribution >= 4 is 40.7 Å². The maximum atomic E-state index is 13.2. The Morgan fingerprint density at radius 1 is 0.971 bits per heavy atom. The van der Waals surface area contributed by atoms with E-state index < -0.39 is 5.91 Å². The molecule has 0 saturated heterocycles. The van der Waals surface area contributed by atoms with E-state index in [2.05, 4.69) is 10.3 Å². The number of carbonyl (C=O) groups is 2. The molecule has 1 heterocycles. The van der Waals surface area contributed by atoms with Gasteiger partial charge in [0.2, 0.25) is 11.8 Å². The lowest BCUT2D eigenvalue weighted by Gasteiger charge is -2.18. The van der Waals surface area contributed by atoms with Gasteiger partial charge >= 0.3 is 0 Å². The van der Waals surface area contributed by atoms with Gasteiger partial charge in [0.1, 0.15) is 0 Å². The molecule has 6 nitrogen and oxygen atoms in total. The molecular weight excluding hydrogens is 473 g/mol. The van der Waals surface area contributed by atoms with Crippen LogP contribution in [0.4, 0.5) is 5.69 Å². The minimum atomic E-state index is -0.430. The molecule has 8 heteroatoms. The topological polar surface area (TPSA) is 75.4 Å². The number of nitrogens with zero attached hydrogens (tertiary/aromatic N) is 2. The summed E-state index contributed by atoms with van der Waals surface area (Å²) in [5, 5.41) is 3.29. The Labute approximate surface area is 207 Å². The molecule has 2 amide bonds. The number of nitrogens with one attached hydrogen (secondary N) is 1. The number of likely N-dealkylation sites (N-methyl/N-ethyl adjacent to an activating group) is 1. The lowest BCUT2D eigenvalue weighted by Crippen LogP contribution is -2.35. The van der Waals surface area contributed by atoms with Crippen LogP contribution in [-0.4, -0.2) is 35.3 Å². The summed E-state index contributed by atoms with van der Waals surface area (Å²) < 4.78 is 5.96. The smallest absolute Gasteiger partial charge is 0.254 e. The number of oxazole rings is 1. The first-order valence-electron chi connectivity index (χ1n) is 10.4. The van der Waals surface area contributed by atoms with Gasteiger partial charge in [-0.25, -0.2) is 4.98 Å². The summed E-state index contributed by atoms with van der Waals surface area (Å²) in [6.07, 6.45) is 1.63. The summed E-state index contributed by atoms with van der Waals surface area (Å²) in [7, 11) is 1.54. The Kier molecular flexibility index (Phi) is 7.01. The molecule has 0 unspecified atom stereocenters. The molecule has 0 fully saturated rings. The molecule has 0 saturated carbocycles. The molecule has 0 aliphatic rings. The van der Waals surface area contributed by atoms with Gasteiger partial charge in [0.05, 0.1) is 34.0 Å². The Morgan fingerprint density at radius 2 is 1.65 bits per heavy atom. The van der Waals surface area contributed by atoms with E-state index in [1.54, 1.807) is 55.7 Å². The van der Waals surface area contributed by atoms with Gasteiger partial charge in [-0.1, -0.05) is 71.2 Å². The van der Waals surface area contributed by atoms with Crippen LogP contribution in [0.5, 0.6) is 0 Å².